The Morgan fingerprint density at radius 1 is 0.818 bits per heavy atom. The van der Waals surface area contributed by atoms with Crippen molar-refractivity contribution < 1.29 is 10.0 Å². The van der Waals surface area contributed by atoms with E-state index in [0.717, 1.165) is 38.6 Å². The summed E-state index contributed by atoms with van der Waals surface area (Å²) < 4.78 is 2.24. The fraction of sp³-hybridized carbons (Fsp3) is 0.103. The third kappa shape index (κ3) is 3.78. The molecule has 1 heterocycles. The summed E-state index contributed by atoms with van der Waals surface area (Å²) in [5.41, 5.74) is 4.70. The van der Waals surface area contributed by atoms with E-state index < -0.39 is 7.12 Å². The monoisotopic (exact) mass is 433 g/mol. The minimum absolute atomic E-state index is 0.498. The zero-order chi connectivity index (χ0) is 23.5. The van der Waals surface area contributed by atoms with Gasteiger partial charge >= 0.3 is 7.12 Å². The predicted octanol–water partition coefficient (Wildman–Crippen LogP) is 6.32. The number of nitrogens with zero attached hydrogens (tertiary/aromatic N) is 1. The first kappa shape index (κ1) is 22.6. The molecule has 0 unspecified atom stereocenters. The third-order valence-corrected chi connectivity index (χ3v) is 5.89. The van der Waals surface area contributed by atoms with Gasteiger partial charge in [0, 0.05) is 16.3 Å². The number of rotatable bonds is 4. The maximum atomic E-state index is 9.88. The van der Waals surface area contributed by atoms with E-state index in [4.69, 9.17) is 0 Å². The Balaban J connectivity index is 0.00000126. The van der Waals surface area contributed by atoms with Gasteiger partial charge in [-0.15, -0.1) is 0 Å². The first-order valence-corrected chi connectivity index (χ1v) is 11.3. The minimum atomic E-state index is -1.52. The van der Waals surface area contributed by atoms with Gasteiger partial charge in [-0.3, -0.25) is 0 Å². The second kappa shape index (κ2) is 9.49. The number of hydrogen-bond acceptors (Lipinski definition) is 2. The highest BCUT2D eigenvalue weighted by atomic mass is 16.4. The van der Waals surface area contributed by atoms with Gasteiger partial charge in [0.25, 0.3) is 0 Å². The lowest BCUT2D eigenvalue weighted by Gasteiger charge is -2.15. The molecule has 5 rings (SSSR count). The van der Waals surface area contributed by atoms with Gasteiger partial charge in [-0.05, 0) is 52.8 Å². The van der Waals surface area contributed by atoms with Crippen LogP contribution in [-0.4, -0.2) is 21.7 Å². The Labute approximate surface area is 195 Å². The Morgan fingerprint density at radius 3 is 2.09 bits per heavy atom. The second-order valence-electron chi connectivity index (χ2n) is 7.65. The van der Waals surface area contributed by atoms with Crippen molar-refractivity contribution in [3.8, 4) is 5.69 Å². The standard InChI is InChI=1S/C27H22BNO2.C2H6/c1-3-9-25-20(4-2)23-16-18-10-5-6-11-19(18)17-27(23)29(25)26-15-14-24(28(30)31)21-12-7-8-13-22(21)26;1-2/h3-17,30-31H,2H2,1H3;1-2H3/b9-3-;. The summed E-state index contributed by atoms with van der Waals surface area (Å²) in [5, 5.41) is 25.0. The molecular weight excluding hydrogens is 405 g/mol. The first-order valence-electron chi connectivity index (χ1n) is 11.3. The SMILES string of the molecule is C=Cc1c(/C=C\C)n(-c2ccc(B(O)O)c3ccccc23)c2cc3ccccc3cc12.CC. The van der Waals surface area contributed by atoms with E-state index in [1.807, 2.05) is 63.3 Å². The Morgan fingerprint density at radius 2 is 1.45 bits per heavy atom. The lowest BCUT2D eigenvalue weighted by Crippen LogP contribution is -2.30. The summed E-state index contributed by atoms with van der Waals surface area (Å²) in [5.74, 6) is 0. The van der Waals surface area contributed by atoms with Crippen LogP contribution in [0.1, 0.15) is 32.0 Å². The van der Waals surface area contributed by atoms with Gasteiger partial charge in [-0.25, -0.2) is 0 Å². The maximum absolute atomic E-state index is 9.88. The molecule has 0 aliphatic carbocycles. The molecule has 4 heteroatoms. The smallest absolute Gasteiger partial charge is 0.423 e. The molecule has 0 bridgehead atoms. The fourth-order valence-corrected chi connectivity index (χ4v) is 4.54. The summed E-state index contributed by atoms with van der Waals surface area (Å²) in [6.45, 7) is 10.1. The molecule has 1 aromatic heterocycles. The number of aromatic nitrogens is 1. The maximum Gasteiger partial charge on any atom is 0.489 e. The van der Waals surface area contributed by atoms with Crippen molar-refractivity contribution in [2.45, 2.75) is 20.8 Å². The summed E-state index contributed by atoms with van der Waals surface area (Å²) >= 11 is 0. The molecule has 0 amide bonds. The van der Waals surface area contributed by atoms with E-state index in [1.54, 1.807) is 6.07 Å². The highest BCUT2D eigenvalue weighted by molar-refractivity contribution is 6.62. The van der Waals surface area contributed by atoms with Gasteiger partial charge < -0.3 is 14.6 Å². The van der Waals surface area contributed by atoms with E-state index in [-0.39, 0.29) is 0 Å². The molecule has 0 saturated carbocycles. The lowest BCUT2D eigenvalue weighted by molar-refractivity contribution is 0.426. The quantitative estimate of drug-likeness (QED) is 0.326. The van der Waals surface area contributed by atoms with Crippen molar-refractivity contribution >= 4 is 57.2 Å². The molecule has 0 fully saturated rings. The molecule has 0 atom stereocenters. The molecule has 0 saturated heterocycles. The Kier molecular flexibility index (Phi) is 6.50. The van der Waals surface area contributed by atoms with Crippen molar-refractivity contribution in [3.05, 3.63) is 96.7 Å². The number of hydrogen-bond donors (Lipinski definition) is 2. The molecule has 0 spiro atoms. The zero-order valence-electron chi connectivity index (χ0n) is 19.3. The van der Waals surface area contributed by atoms with Gasteiger partial charge in [0.05, 0.1) is 16.9 Å². The van der Waals surface area contributed by atoms with Crippen molar-refractivity contribution in [2.24, 2.45) is 0 Å². The summed E-state index contributed by atoms with van der Waals surface area (Å²) in [7, 11) is -1.52. The normalized spacial score (nSPS) is 11.2. The minimum Gasteiger partial charge on any atom is -0.423 e. The van der Waals surface area contributed by atoms with Crippen LogP contribution in [0.2, 0.25) is 0 Å². The molecule has 33 heavy (non-hydrogen) atoms. The summed E-state index contributed by atoms with van der Waals surface area (Å²) in [6.07, 6.45) is 6.05. The van der Waals surface area contributed by atoms with Crippen LogP contribution in [0.3, 0.4) is 0 Å². The molecule has 2 N–H and O–H groups in total. The van der Waals surface area contributed by atoms with Crippen LogP contribution in [0.25, 0.3) is 50.3 Å². The van der Waals surface area contributed by atoms with Gasteiger partial charge in [0.15, 0.2) is 0 Å². The molecule has 164 valence electrons. The molecule has 0 aliphatic rings. The molecule has 0 radical (unpaired) electrons. The van der Waals surface area contributed by atoms with E-state index in [1.165, 1.54) is 10.8 Å². The largest absolute Gasteiger partial charge is 0.489 e. The first-order chi connectivity index (χ1) is 16.1. The molecule has 3 nitrogen and oxygen atoms in total. The lowest BCUT2D eigenvalue weighted by atomic mass is 9.77. The topological polar surface area (TPSA) is 45.4 Å². The van der Waals surface area contributed by atoms with Crippen molar-refractivity contribution in [2.75, 3.05) is 0 Å². The van der Waals surface area contributed by atoms with Crippen molar-refractivity contribution in [3.63, 3.8) is 0 Å². The average molecular weight is 433 g/mol. The second-order valence-corrected chi connectivity index (χ2v) is 7.65. The van der Waals surface area contributed by atoms with Crippen LogP contribution < -0.4 is 5.46 Å². The molecule has 4 aromatic carbocycles. The van der Waals surface area contributed by atoms with E-state index in [9.17, 15) is 10.0 Å². The van der Waals surface area contributed by atoms with Crippen LogP contribution in [-0.2, 0) is 0 Å². The van der Waals surface area contributed by atoms with Crippen LogP contribution in [0.15, 0.2) is 85.5 Å². The molecular formula is C29H28BNO2. The fourth-order valence-electron chi connectivity index (χ4n) is 4.54. The van der Waals surface area contributed by atoms with Gasteiger partial charge in [0.2, 0.25) is 0 Å². The number of allylic oxidation sites excluding steroid dienone is 1. The number of fused-ring (bicyclic) bond motifs is 3. The highest BCUT2D eigenvalue weighted by Gasteiger charge is 2.20. The predicted molar refractivity (Wildman–Crippen MR) is 144 cm³/mol. The zero-order valence-corrected chi connectivity index (χ0v) is 19.3. The van der Waals surface area contributed by atoms with E-state index in [2.05, 4.69) is 53.6 Å². The average Bonchev–Trinajstić information content (AvgIpc) is 3.14. The summed E-state index contributed by atoms with van der Waals surface area (Å²) in [6, 6.07) is 24.4. The van der Waals surface area contributed by atoms with Crippen molar-refractivity contribution in [1.82, 2.24) is 4.57 Å². The Hall–Kier alpha value is -3.60. The number of benzene rings is 4. The van der Waals surface area contributed by atoms with E-state index in [0.29, 0.717) is 5.46 Å². The third-order valence-electron chi connectivity index (χ3n) is 5.89. The Bertz CT molecular complexity index is 1490. The van der Waals surface area contributed by atoms with Gasteiger partial charge in [0.1, 0.15) is 0 Å². The molecule has 5 aromatic rings. The highest BCUT2D eigenvalue weighted by Crippen LogP contribution is 2.36. The summed E-state index contributed by atoms with van der Waals surface area (Å²) in [4.78, 5) is 0. The van der Waals surface area contributed by atoms with Gasteiger partial charge in [-0.1, -0.05) is 87.2 Å². The molecule has 0 aliphatic heterocycles. The van der Waals surface area contributed by atoms with Crippen LogP contribution >= 0.6 is 0 Å². The van der Waals surface area contributed by atoms with Crippen LogP contribution in [0, 0.1) is 0 Å². The van der Waals surface area contributed by atoms with Crippen molar-refractivity contribution in [1.29, 1.82) is 0 Å². The van der Waals surface area contributed by atoms with Crippen LogP contribution in [0.5, 0.6) is 0 Å². The van der Waals surface area contributed by atoms with Crippen LogP contribution in [0.4, 0.5) is 0 Å². The van der Waals surface area contributed by atoms with E-state index >= 15 is 0 Å². The van der Waals surface area contributed by atoms with Gasteiger partial charge in [-0.2, -0.15) is 0 Å².